The van der Waals surface area contributed by atoms with E-state index in [1.165, 1.54) is 0 Å². The largest absolute Gasteiger partial charge is 0.375 e. The maximum absolute atomic E-state index is 12.4. The molecule has 2 N–H and O–H groups in total. The van der Waals surface area contributed by atoms with Gasteiger partial charge in [-0.1, -0.05) is 0 Å². The van der Waals surface area contributed by atoms with Crippen LogP contribution in [0.15, 0.2) is 0 Å². The Morgan fingerprint density at radius 2 is 2.15 bits per heavy atom. The molecule has 2 heterocycles. The summed E-state index contributed by atoms with van der Waals surface area (Å²) in [7, 11) is 0. The molecule has 0 aromatic heterocycles. The van der Waals surface area contributed by atoms with Crippen LogP contribution in [0.3, 0.4) is 0 Å². The molecule has 2 atom stereocenters. The van der Waals surface area contributed by atoms with Crippen LogP contribution in [0, 0.1) is 0 Å². The fraction of sp³-hybridized carbons (Fsp3) is 0.857. The second-order valence-electron chi connectivity index (χ2n) is 5.93. The third-order valence-electron chi connectivity index (χ3n) is 4.21. The SMILES string of the molecule is O=C(NC1CC1)C1CCCN1C(=O)CC1CNCCO1. The van der Waals surface area contributed by atoms with Crippen LogP contribution in [-0.4, -0.2) is 61.1 Å². The first-order valence-electron chi connectivity index (χ1n) is 7.66. The number of carbonyl (C=O) groups is 2. The third kappa shape index (κ3) is 3.30. The maximum atomic E-state index is 12.4. The van der Waals surface area contributed by atoms with Gasteiger partial charge in [-0.3, -0.25) is 9.59 Å². The van der Waals surface area contributed by atoms with Crippen molar-refractivity contribution in [3.63, 3.8) is 0 Å². The molecule has 1 aliphatic carbocycles. The number of nitrogens with one attached hydrogen (secondary N) is 2. The van der Waals surface area contributed by atoms with Gasteiger partial charge in [-0.05, 0) is 25.7 Å². The zero-order valence-electron chi connectivity index (χ0n) is 11.8. The van der Waals surface area contributed by atoms with Crippen LogP contribution in [0.4, 0.5) is 0 Å². The lowest BCUT2D eigenvalue weighted by Gasteiger charge is -2.28. The van der Waals surface area contributed by atoms with E-state index < -0.39 is 0 Å². The standard InChI is InChI=1S/C14H23N3O3/c18-13(8-11-9-15-5-7-20-11)17-6-1-2-12(17)14(19)16-10-3-4-10/h10-12,15H,1-9H2,(H,16,19). The molecule has 6 heteroatoms. The highest BCUT2D eigenvalue weighted by atomic mass is 16.5. The summed E-state index contributed by atoms with van der Waals surface area (Å²) in [6.45, 7) is 2.92. The van der Waals surface area contributed by atoms with Gasteiger partial charge in [0.2, 0.25) is 11.8 Å². The van der Waals surface area contributed by atoms with Crippen LogP contribution in [-0.2, 0) is 14.3 Å². The molecule has 2 unspecified atom stereocenters. The Kier molecular flexibility index (Phi) is 4.21. The van der Waals surface area contributed by atoms with Crippen LogP contribution >= 0.6 is 0 Å². The summed E-state index contributed by atoms with van der Waals surface area (Å²) in [4.78, 5) is 26.3. The number of ether oxygens (including phenoxy) is 1. The molecular weight excluding hydrogens is 258 g/mol. The van der Waals surface area contributed by atoms with Crippen molar-refractivity contribution in [2.45, 2.75) is 50.3 Å². The van der Waals surface area contributed by atoms with E-state index in [1.54, 1.807) is 4.90 Å². The number of hydrogen-bond acceptors (Lipinski definition) is 4. The van der Waals surface area contributed by atoms with Crippen molar-refractivity contribution in [1.29, 1.82) is 0 Å². The second kappa shape index (κ2) is 6.10. The molecule has 0 bridgehead atoms. The van der Waals surface area contributed by atoms with Crippen LogP contribution in [0.1, 0.15) is 32.1 Å². The number of carbonyl (C=O) groups excluding carboxylic acids is 2. The Morgan fingerprint density at radius 3 is 2.85 bits per heavy atom. The van der Waals surface area contributed by atoms with Gasteiger partial charge in [0, 0.05) is 25.7 Å². The van der Waals surface area contributed by atoms with E-state index in [1.807, 2.05) is 0 Å². The summed E-state index contributed by atoms with van der Waals surface area (Å²) in [5, 5.41) is 6.23. The van der Waals surface area contributed by atoms with Gasteiger partial charge in [0.15, 0.2) is 0 Å². The number of hydrogen-bond donors (Lipinski definition) is 2. The molecule has 3 fully saturated rings. The molecule has 112 valence electrons. The molecule has 3 rings (SSSR count). The molecule has 20 heavy (non-hydrogen) atoms. The van der Waals surface area contributed by atoms with Crippen LogP contribution < -0.4 is 10.6 Å². The molecule has 1 saturated carbocycles. The van der Waals surface area contributed by atoms with Crippen molar-refractivity contribution in [3.05, 3.63) is 0 Å². The number of nitrogens with zero attached hydrogens (tertiary/aromatic N) is 1. The summed E-state index contributed by atoms with van der Waals surface area (Å²) in [5.41, 5.74) is 0. The predicted molar refractivity (Wildman–Crippen MR) is 73.1 cm³/mol. The van der Waals surface area contributed by atoms with Gasteiger partial charge in [-0.15, -0.1) is 0 Å². The van der Waals surface area contributed by atoms with Crippen molar-refractivity contribution in [1.82, 2.24) is 15.5 Å². The van der Waals surface area contributed by atoms with Gasteiger partial charge in [-0.25, -0.2) is 0 Å². The van der Waals surface area contributed by atoms with E-state index in [9.17, 15) is 9.59 Å². The summed E-state index contributed by atoms with van der Waals surface area (Å²) in [6, 6.07) is 0.0885. The monoisotopic (exact) mass is 281 g/mol. The Balaban J connectivity index is 1.53. The first kappa shape index (κ1) is 13.8. The number of likely N-dealkylation sites (tertiary alicyclic amines) is 1. The minimum Gasteiger partial charge on any atom is -0.375 e. The molecule has 6 nitrogen and oxygen atoms in total. The Labute approximate surface area is 119 Å². The fourth-order valence-electron chi connectivity index (χ4n) is 2.93. The molecule has 0 aromatic rings. The van der Waals surface area contributed by atoms with Crippen LogP contribution in [0.2, 0.25) is 0 Å². The predicted octanol–water partition coefficient (Wildman–Crippen LogP) is -0.365. The van der Waals surface area contributed by atoms with Gasteiger partial charge in [0.1, 0.15) is 6.04 Å². The van der Waals surface area contributed by atoms with E-state index in [4.69, 9.17) is 4.74 Å². The van der Waals surface area contributed by atoms with E-state index in [0.717, 1.165) is 38.8 Å². The maximum Gasteiger partial charge on any atom is 0.243 e. The normalized spacial score (nSPS) is 30.3. The number of rotatable bonds is 4. The first-order valence-corrected chi connectivity index (χ1v) is 7.66. The lowest BCUT2D eigenvalue weighted by atomic mass is 10.1. The molecule has 0 spiro atoms. The summed E-state index contributed by atoms with van der Waals surface area (Å²) >= 11 is 0. The Hall–Kier alpha value is -1.14. The van der Waals surface area contributed by atoms with E-state index in [2.05, 4.69) is 10.6 Å². The fourth-order valence-corrected chi connectivity index (χ4v) is 2.93. The zero-order chi connectivity index (χ0) is 13.9. The summed E-state index contributed by atoms with van der Waals surface area (Å²) in [5.74, 6) is 0.0770. The van der Waals surface area contributed by atoms with Crippen molar-refractivity contribution in [2.24, 2.45) is 0 Å². The number of amides is 2. The topological polar surface area (TPSA) is 70.7 Å². The summed E-state index contributed by atoms with van der Waals surface area (Å²) in [6.07, 6.45) is 4.18. The number of morpholine rings is 1. The summed E-state index contributed by atoms with van der Waals surface area (Å²) < 4.78 is 5.57. The van der Waals surface area contributed by atoms with Gasteiger partial charge in [0.25, 0.3) is 0 Å². The van der Waals surface area contributed by atoms with Crippen LogP contribution in [0.5, 0.6) is 0 Å². The quantitative estimate of drug-likeness (QED) is 0.738. The zero-order valence-corrected chi connectivity index (χ0v) is 11.8. The minimum absolute atomic E-state index is 0.0287. The smallest absolute Gasteiger partial charge is 0.243 e. The molecule has 2 saturated heterocycles. The van der Waals surface area contributed by atoms with Crippen molar-refractivity contribution >= 4 is 11.8 Å². The average Bonchev–Trinajstić information content (AvgIpc) is 3.12. The van der Waals surface area contributed by atoms with Gasteiger partial charge < -0.3 is 20.3 Å². The van der Waals surface area contributed by atoms with Crippen LogP contribution in [0.25, 0.3) is 0 Å². The highest BCUT2D eigenvalue weighted by Crippen LogP contribution is 2.23. The lowest BCUT2D eigenvalue weighted by Crippen LogP contribution is -2.48. The second-order valence-corrected chi connectivity index (χ2v) is 5.93. The minimum atomic E-state index is -0.264. The molecule has 2 amide bonds. The lowest BCUT2D eigenvalue weighted by molar-refractivity contribution is -0.141. The molecule has 2 aliphatic heterocycles. The molecule has 3 aliphatic rings. The van der Waals surface area contributed by atoms with Crippen molar-refractivity contribution in [3.8, 4) is 0 Å². The van der Waals surface area contributed by atoms with Gasteiger partial charge >= 0.3 is 0 Å². The van der Waals surface area contributed by atoms with Crippen molar-refractivity contribution < 1.29 is 14.3 Å². The van der Waals surface area contributed by atoms with Gasteiger partial charge in [-0.2, -0.15) is 0 Å². The Morgan fingerprint density at radius 1 is 1.30 bits per heavy atom. The highest BCUT2D eigenvalue weighted by Gasteiger charge is 2.37. The average molecular weight is 281 g/mol. The molecule has 0 aromatic carbocycles. The van der Waals surface area contributed by atoms with Gasteiger partial charge in [0.05, 0.1) is 19.1 Å². The van der Waals surface area contributed by atoms with E-state index in [-0.39, 0.29) is 24.0 Å². The van der Waals surface area contributed by atoms with E-state index >= 15 is 0 Å². The third-order valence-corrected chi connectivity index (χ3v) is 4.21. The molecule has 0 radical (unpaired) electrons. The molecular formula is C14H23N3O3. The van der Waals surface area contributed by atoms with Crippen molar-refractivity contribution in [2.75, 3.05) is 26.2 Å². The highest BCUT2D eigenvalue weighted by molar-refractivity contribution is 5.88. The first-order chi connectivity index (χ1) is 9.74. The Bertz CT molecular complexity index is 378. The van der Waals surface area contributed by atoms with E-state index in [0.29, 0.717) is 25.6 Å².